The second-order valence-electron chi connectivity index (χ2n) is 6.64. The van der Waals surface area contributed by atoms with Gasteiger partial charge in [-0.1, -0.05) is 41.9 Å². The van der Waals surface area contributed by atoms with E-state index in [1.165, 1.54) is 16.6 Å². The Balaban J connectivity index is 1.44. The van der Waals surface area contributed by atoms with E-state index in [9.17, 15) is 13.2 Å². The van der Waals surface area contributed by atoms with Gasteiger partial charge in [-0.15, -0.1) is 0 Å². The third kappa shape index (κ3) is 3.91. The second kappa shape index (κ2) is 7.98. The van der Waals surface area contributed by atoms with Crippen molar-refractivity contribution in [2.24, 2.45) is 0 Å². The van der Waals surface area contributed by atoms with Crippen molar-refractivity contribution in [1.82, 2.24) is 19.0 Å². The van der Waals surface area contributed by atoms with Crippen molar-refractivity contribution in [3.05, 3.63) is 77.6 Å². The SMILES string of the molecule is O=C(c1cnn(-c2ccccc2)c1)N1CCN(S(=O)(=O)c2ccccc2Cl)CC1. The first kappa shape index (κ1) is 19.6. The zero-order chi connectivity index (χ0) is 20.4. The first-order valence-electron chi connectivity index (χ1n) is 9.11. The number of rotatable bonds is 4. The minimum Gasteiger partial charge on any atom is -0.336 e. The summed E-state index contributed by atoms with van der Waals surface area (Å²) in [6.45, 7) is 1.04. The lowest BCUT2D eigenvalue weighted by molar-refractivity contribution is 0.0698. The quantitative estimate of drug-likeness (QED) is 0.637. The highest BCUT2D eigenvalue weighted by atomic mass is 35.5. The average molecular weight is 431 g/mol. The molecule has 1 saturated heterocycles. The maximum Gasteiger partial charge on any atom is 0.257 e. The molecular formula is C20H19ClN4O3S. The summed E-state index contributed by atoms with van der Waals surface area (Å²) in [4.78, 5) is 14.5. The van der Waals surface area contributed by atoms with Gasteiger partial charge in [0.15, 0.2) is 0 Å². The van der Waals surface area contributed by atoms with E-state index in [2.05, 4.69) is 5.10 Å². The molecule has 9 heteroatoms. The van der Waals surface area contributed by atoms with Gasteiger partial charge in [-0.05, 0) is 24.3 Å². The second-order valence-corrected chi connectivity index (χ2v) is 8.95. The van der Waals surface area contributed by atoms with Crippen LogP contribution in [0.2, 0.25) is 5.02 Å². The van der Waals surface area contributed by atoms with Crippen molar-refractivity contribution < 1.29 is 13.2 Å². The fraction of sp³-hybridized carbons (Fsp3) is 0.200. The van der Waals surface area contributed by atoms with Crippen LogP contribution in [-0.2, 0) is 10.0 Å². The molecule has 0 unspecified atom stereocenters. The van der Waals surface area contributed by atoms with Gasteiger partial charge < -0.3 is 4.90 Å². The summed E-state index contributed by atoms with van der Waals surface area (Å²) in [5, 5.41) is 4.45. The van der Waals surface area contributed by atoms with E-state index >= 15 is 0 Å². The molecule has 1 fully saturated rings. The number of carbonyl (C=O) groups excluding carboxylic acids is 1. The van der Waals surface area contributed by atoms with Crippen LogP contribution in [0.4, 0.5) is 0 Å². The summed E-state index contributed by atoms with van der Waals surface area (Å²) in [5.41, 5.74) is 1.33. The number of halogens is 1. The fourth-order valence-electron chi connectivity index (χ4n) is 3.26. The molecule has 0 N–H and O–H groups in total. The van der Waals surface area contributed by atoms with Gasteiger partial charge in [0.2, 0.25) is 10.0 Å². The van der Waals surface area contributed by atoms with Gasteiger partial charge in [-0.3, -0.25) is 4.79 Å². The van der Waals surface area contributed by atoms with Crippen LogP contribution in [0.25, 0.3) is 5.69 Å². The molecule has 150 valence electrons. The summed E-state index contributed by atoms with van der Waals surface area (Å²) in [5.74, 6) is -0.165. The van der Waals surface area contributed by atoms with E-state index in [4.69, 9.17) is 11.6 Å². The van der Waals surface area contributed by atoms with Gasteiger partial charge in [-0.25, -0.2) is 13.1 Å². The first-order chi connectivity index (χ1) is 14.0. The molecule has 3 aromatic rings. The zero-order valence-electron chi connectivity index (χ0n) is 15.5. The molecule has 0 aliphatic carbocycles. The molecule has 7 nitrogen and oxygen atoms in total. The van der Waals surface area contributed by atoms with Gasteiger partial charge in [0.25, 0.3) is 5.91 Å². The lowest BCUT2D eigenvalue weighted by atomic mass is 10.2. The molecule has 2 aromatic carbocycles. The number of para-hydroxylation sites is 1. The largest absolute Gasteiger partial charge is 0.336 e. The highest BCUT2D eigenvalue weighted by Gasteiger charge is 2.31. The molecule has 0 atom stereocenters. The summed E-state index contributed by atoms with van der Waals surface area (Å²) in [7, 11) is -3.69. The predicted octanol–water partition coefficient (Wildman–Crippen LogP) is 2.67. The topological polar surface area (TPSA) is 75.5 Å². The Morgan fingerprint density at radius 2 is 1.59 bits per heavy atom. The first-order valence-corrected chi connectivity index (χ1v) is 10.9. The van der Waals surface area contributed by atoms with Crippen LogP contribution in [0.3, 0.4) is 0 Å². The van der Waals surface area contributed by atoms with Crippen LogP contribution in [-0.4, -0.2) is 59.5 Å². The Kier molecular flexibility index (Phi) is 5.40. The highest BCUT2D eigenvalue weighted by molar-refractivity contribution is 7.89. The number of sulfonamides is 1. The van der Waals surface area contributed by atoms with E-state index in [-0.39, 0.29) is 28.9 Å². The number of hydrogen-bond donors (Lipinski definition) is 0. The van der Waals surface area contributed by atoms with Crippen molar-refractivity contribution in [2.45, 2.75) is 4.90 Å². The Hall–Kier alpha value is -2.68. The Bertz CT molecular complexity index is 1120. The van der Waals surface area contributed by atoms with Crippen molar-refractivity contribution in [1.29, 1.82) is 0 Å². The van der Waals surface area contributed by atoms with Crippen LogP contribution in [0.5, 0.6) is 0 Å². The third-order valence-electron chi connectivity index (χ3n) is 4.83. The monoisotopic (exact) mass is 430 g/mol. The van der Waals surface area contributed by atoms with Gasteiger partial charge in [0.1, 0.15) is 4.90 Å². The van der Waals surface area contributed by atoms with E-state index in [1.54, 1.807) is 34.0 Å². The lowest BCUT2D eigenvalue weighted by Gasteiger charge is -2.33. The van der Waals surface area contributed by atoms with Gasteiger partial charge >= 0.3 is 0 Å². The van der Waals surface area contributed by atoms with E-state index in [1.807, 2.05) is 30.3 Å². The maximum absolute atomic E-state index is 12.8. The molecule has 0 radical (unpaired) electrons. The molecule has 0 saturated carbocycles. The summed E-state index contributed by atoms with van der Waals surface area (Å²) in [6.07, 6.45) is 3.21. The molecule has 29 heavy (non-hydrogen) atoms. The van der Waals surface area contributed by atoms with Gasteiger partial charge in [0.05, 0.1) is 22.5 Å². The Morgan fingerprint density at radius 3 is 2.28 bits per heavy atom. The number of carbonyl (C=O) groups is 1. The van der Waals surface area contributed by atoms with E-state index < -0.39 is 10.0 Å². The van der Waals surface area contributed by atoms with Crippen LogP contribution in [0.15, 0.2) is 71.9 Å². The molecule has 1 amide bonds. The third-order valence-corrected chi connectivity index (χ3v) is 7.23. The Morgan fingerprint density at radius 1 is 0.931 bits per heavy atom. The molecule has 1 aliphatic heterocycles. The van der Waals surface area contributed by atoms with E-state index in [0.717, 1.165) is 5.69 Å². The number of amides is 1. The van der Waals surface area contributed by atoms with Crippen LogP contribution >= 0.6 is 11.6 Å². The van der Waals surface area contributed by atoms with Crippen LogP contribution in [0.1, 0.15) is 10.4 Å². The van der Waals surface area contributed by atoms with Crippen molar-refractivity contribution in [3.8, 4) is 5.69 Å². The normalized spacial score (nSPS) is 15.4. The number of nitrogens with zero attached hydrogens (tertiary/aromatic N) is 4. The predicted molar refractivity (Wildman–Crippen MR) is 110 cm³/mol. The van der Waals surface area contributed by atoms with Crippen molar-refractivity contribution in [2.75, 3.05) is 26.2 Å². The van der Waals surface area contributed by atoms with Gasteiger partial charge in [-0.2, -0.15) is 9.40 Å². The standard InChI is InChI=1S/C20H19ClN4O3S/c21-18-8-4-5-9-19(18)29(27,28)24-12-10-23(11-13-24)20(26)16-14-22-25(15-16)17-6-2-1-3-7-17/h1-9,14-15H,10-13H2. The molecular weight excluding hydrogens is 412 g/mol. The molecule has 2 heterocycles. The lowest BCUT2D eigenvalue weighted by Crippen LogP contribution is -2.50. The number of aromatic nitrogens is 2. The number of hydrogen-bond acceptors (Lipinski definition) is 4. The minimum absolute atomic E-state index is 0.0885. The number of benzene rings is 2. The molecule has 0 bridgehead atoms. The fourth-order valence-corrected chi connectivity index (χ4v) is 5.18. The molecule has 0 spiro atoms. The highest BCUT2D eigenvalue weighted by Crippen LogP contribution is 2.25. The van der Waals surface area contributed by atoms with Crippen molar-refractivity contribution in [3.63, 3.8) is 0 Å². The molecule has 1 aromatic heterocycles. The summed E-state index contributed by atoms with van der Waals surface area (Å²) < 4.78 is 28.7. The van der Waals surface area contributed by atoms with Gasteiger partial charge in [0, 0.05) is 32.4 Å². The smallest absolute Gasteiger partial charge is 0.257 e. The summed E-state index contributed by atoms with van der Waals surface area (Å²) in [6, 6.07) is 15.9. The van der Waals surface area contributed by atoms with E-state index in [0.29, 0.717) is 18.7 Å². The van der Waals surface area contributed by atoms with Crippen LogP contribution < -0.4 is 0 Å². The number of piperazine rings is 1. The van der Waals surface area contributed by atoms with Crippen LogP contribution in [0, 0.1) is 0 Å². The Labute approximate surface area is 174 Å². The van der Waals surface area contributed by atoms with Crippen molar-refractivity contribution >= 4 is 27.5 Å². The minimum atomic E-state index is -3.69. The zero-order valence-corrected chi connectivity index (χ0v) is 17.1. The molecule has 4 rings (SSSR count). The average Bonchev–Trinajstić information content (AvgIpc) is 3.24. The molecule has 1 aliphatic rings. The summed E-state index contributed by atoms with van der Waals surface area (Å²) >= 11 is 6.06. The maximum atomic E-state index is 12.8.